The van der Waals surface area contributed by atoms with Gasteiger partial charge in [0.1, 0.15) is 11.6 Å². The molecule has 0 saturated carbocycles. The van der Waals surface area contributed by atoms with Gasteiger partial charge in [0.15, 0.2) is 0 Å². The first kappa shape index (κ1) is 19.3. The van der Waals surface area contributed by atoms with Crippen LogP contribution in [0.5, 0.6) is 5.75 Å². The Morgan fingerprint density at radius 1 is 0.969 bits per heavy atom. The number of aliphatic imine (C=N–C) groups is 1. The van der Waals surface area contributed by atoms with E-state index in [4.69, 9.17) is 4.74 Å². The Kier molecular flexibility index (Phi) is 4.58. The van der Waals surface area contributed by atoms with E-state index in [0.29, 0.717) is 12.5 Å². The molecule has 2 aliphatic heterocycles. The van der Waals surface area contributed by atoms with Crippen molar-refractivity contribution in [2.75, 3.05) is 13.2 Å². The number of hydrogen-bond acceptors (Lipinski definition) is 3. The molecular weight excluding hydrogens is 403 g/mol. The van der Waals surface area contributed by atoms with E-state index in [1.54, 1.807) is 12.1 Å². The molecule has 4 nitrogen and oxygen atoms in total. The van der Waals surface area contributed by atoms with Crippen LogP contribution in [0.1, 0.15) is 35.6 Å². The minimum Gasteiger partial charge on any atom is -0.508 e. The zero-order valence-corrected chi connectivity index (χ0v) is 17.6. The van der Waals surface area contributed by atoms with Crippen molar-refractivity contribution in [2.45, 2.75) is 25.3 Å². The molecule has 4 aromatic rings. The maximum absolute atomic E-state index is 13.8. The van der Waals surface area contributed by atoms with Crippen LogP contribution in [0.4, 0.5) is 4.39 Å². The summed E-state index contributed by atoms with van der Waals surface area (Å²) >= 11 is 0. The van der Waals surface area contributed by atoms with E-state index < -0.39 is 0 Å². The first-order valence-corrected chi connectivity index (χ1v) is 11.0. The number of aromatic nitrogens is 1. The molecule has 1 aromatic heterocycles. The predicted molar refractivity (Wildman–Crippen MR) is 124 cm³/mol. The van der Waals surface area contributed by atoms with Gasteiger partial charge in [-0.3, -0.25) is 4.99 Å². The summed E-state index contributed by atoms with van der Waals surface area (Å²) < 4.78 is 21.8. The third-order valence-electron chi connectivity index (χ3n) is 6.61. The van der Waals surface area contributed by atoms with Crippen molar-refractivity contribution in [2.24, 2.45) is 4.99 Å². The fraction of sp³-hybridized carbons (Fsp3) is 0.222. The van der Waals surface area contributed by atoms with Gasteiger partial charge in [-0.25, -0.2) is 4.39 Å². The lowest BCUT2D eigenvalue weighted by atomic mass is 9.89. The minimum absolute atomic E-state index is 0.246. The van der Waals surface area contributed by atoms with Gasteiger partial charge in [-0.15, -0.1) is 0 Å². The van der Waals surface area contributed by atoms with Gasteiger partial charge in [-0.2, -0.15) is 0 Å². The third-order valence-corrected chi connectivity index (χ3v) is 6.61. The van der Waals surface area contributed by atoms with E-state index >= 15 is 0 Å². The Labute approximate surface area is 185 Å². The number of fused-ring (bicyclic) bond motifs is 2. The Balaban J connectivity index is 1.72. The van der Waals surface area contributed by atoms with Crippen LogP contribution in [0.25, 0.3) is 27.7 Å². The van der Waals surface area contributed by atoms with Crippen molar-refractivity contribution < 1.29 is 14.2 Å². The van der Waals surface area contributed by atoms with Gasteiger partial charge in [0.2, 0.25) is 0 Å². The summed E-state index contributed by atoms with van der Waals surface area (Å²) in [6.07, 6.45) is 3.80. The highest BCUT2D eigenvalue weighted by Gasteiger charge is 2.28. The first-order chi connectivity index (χ1) is 15.7. The summed E-state index contributed by atoms with van der Waals surface area (Å²) in [6, 6.07) is 18.6. The summed E-state index contributed by atoms with van der Waals surface area (Å²) in [6.45, 7) is 2.15. The highest BCUT2D eigenvalue weighted by Crippen LogP contribution is 2.44. The fourth-order valence-corrected chi connectivity index (χ4v) is 5.07. The van der Waals surface area contributed by atoms with Crippen LogP contribution >= 0.6 is 0 Å². The lowest BCUT2D eigenvalue weighted by molar-refractivity contribution is 0.0844. The van der Waals surface area contributed by atoms with Crippen LogP contribution in [0, 0.1) is 5.82 Å². The molecule has 0 atom stereocenters. The Morgan fingerprint density at radius 3 is 2.47 bits per heavy atom. The molecule has 32 heavy (non-hydrogen) atoms. The van der Waals surface area contributed by atoms with Gasteiger partial charge >= 0.3 is 0 Å². The fourth-order valence-electron chi connectivity index (χ4n) is 5.07. The van der Waals surface area contributed by atoms with E-state index in [0.717, 1.165) is 53.8 Å². The van der Waals surface area contributed by atoms with E-state index in [1.165, 1.54) is 29.0 Å². The van der Waals surface area contributed by atoms with Gasteiger partial charge in [-0.05, 0) is 78.1 Å². The average Bonchev–Trinajstić information content (AvgIpc) is 3.41. The maximum Gasteiger partial charge on any atom is 0.123 e. The summed E-state index contributed by atoms with van der Waals surface area (Å²) in [4.78, 5) is 4.46. The van der Waals surface area contributed by atoms with Crippen molar-refractivity contribution >= 4 is 17.1 Å². The third kappa shape index (κ3) is 3.12. The second-order valence-electron chi connectivity index (χ2n) is 8.54. The van der Waals surface area contributed by atoms with Crippen molar-refractivity contribution in [3.63, 3.8) is 0 Å². The van der Waals surface area contributed by atoms with Crippen LogP contribution < -0.4 is 0 Å². The number of benzene rings is 3. The maximum atomic E-state index is 13.8. The number of halogens is 1. The van der Waals surface area contributed by atoms with E-state index in [2.05, 4.69) is 21.7 Å². The standard InChI is InChI=1S/C27H23FN2O2/c28-21-3-5-22(6-4-21)30-25-14-20-16-29-15-19(20)13-24(25)26(17-1-7-23(31)8-2-17)27(30)18-9-11-32-12-10-18/h1-8,13-14,16,18,31H,9-12,15H2. The van der Waals surface area contributed by atoms with E-state index in [1.807, 2.05) is 30.5 Å². The highest BCUT2D eigenvalue weighted by atomic mass is 19.1. The van der Waals surface area contributed by atoms with Crippen molar-refractivity contribution in [1.82, 2.24) is 4.57 Å². The normalized spacial score (nSPS) is 16.0. The zero-order chi connectivity index (χ0) is 21.7. The summed E-state index contributed by atoms with van der Waals surface area (Å²) in [7, 11) is 0. The van der Waals surface area contributed by atoms with Crippen LogP contribution in [0.3, 0.4) is 0 Å². The van der Waals surface area contributed by atoms with Crippen molar-refractivity contribution in [3.05, 3.63) is 83.3 Å². The molecule has 0 unspecified atom stereocenters. The number of phenolic OH excluding ortho intramolecular Hbond substituents is 1. The van der Waals surface area contributed by atoms with E-state index in [9.17, 15) is 9.50 Å². The van der Waals surface area contributed by atoms with Gasteiger partial charge in [-0.1, -0.05) is 12.1 Å². The largest absolute Gasteiger partial charge is 0.508 e. The molecule has 0 bridgehead atoms. The summed E-state index contributed by atoms with van der Waals surface area (Å²) in [5.41, 5.74) is 7.84. The van der Waals surface area contributed by atoms with Gasteiger partial charge in [0, 0.05) is 47.7 Å². The van der Waals surface area contributed by atoms with Crippen LogP contribution in [-0.4, -0.2) is 29.1 Å². The van der Waals surface area contributed by atoms with Crippen LogP contribution in [0.2, 0.25) is 0 Å². The van der Waals surface area contributed by atoms with Gasteiger partial charge in [0.05, 0.1) is 12.1 Å². The second kappa shape index (κ2) is 7.61. The average molecular weight is 426 g/mol. The molecule has 6 rings (SSSR count). The van der Waals surface area contributed by atoms with E-state index in [-0.39, 0.29) is 11.6 Å². The number of phenols is 1. The minimum atomic E-state index is -0.246. The van der Waals surface area contributed by atoms with Gasteiger partial charge < -0.3 is 14.4 Å². The molecule has 0 aliphatic carbocycles. The molecular formula is C27H23FN2O2. The second-order valence-corrected chi connectivity index (χ2v) is 8.54. The number of aromatic hydroxyl groups is 1. The quantitative estimate of drug-likeness (QED) is 0.439. The molecule has 0 amide bonds. The number of nitrogens with zero attached hydrogens (tertiary/aromatic N) is 2. The number of hydrogen-bond donors (Lipinski definition) is 1. The SMILES string of the molecule is Oc1ccc(-c2c(C3CCOCC3)n(-c3ccc(F)cc3)c3cc4c(cc23)CN=C4)cc1. The molecule has 0 radical (unpaired) electrons. The topological polar surface area (TPSA) is 46.8 Å². The Bertz CT molecular complexity index is 1330. The molecule has 1 N–H and O–H groups in total. The summed E-state index contributed by atoms with van der Waals surface area (Å²) in [5, 5.41) is 11.1. The van der Waals surface area contributed by atoms with Crippen LogP contribution in [-0.2, 0) is 11.3 Å². The predicted octanol–water partition coefficient (Wildman–Crippen LogP) is 5.97. The number of ether oxygens (including phenoxy) is 1. The lowest BCUT2D eigenvalue weighted by Gasteiger charge is -2.26. The molecule has 1 fully saturated rings. The monoisotopic (exact) mass is 426 g/mol. The Morgan fingerprint density at radius 2 is 1.72 bits per heavy atom. The molecule has 3 aromatic carbocycles. The molecule has 3 heterocycles. The first-order valence-electron chi connectivity index (χ1n) is 11.0. The van der Waals surface area contributed by atoms with Gasteiger partial charge in [0.25, 0.3) is 0 Å². The highest BCUT2D eigenvalue weighted by molar-refractivity contribution is 6.03. The Hall–Kier alpha value is -3.44. The number of rotatable bonds is 3. The molecule has 2 aliphatic rings. The molecule has 5 heteroatoms. The van der Waals surface area contributed by atoms with Crippen LogP contribution in [0.15, 0.2) is 65.7 Å². The molecule has 160 valence electrons. The zero-order valence-electron chi connectivity index (χ0n) is 17.6. The lowest BCUT2D eigenvalue weighted by Crippen LogP contribution is -2.17. The smallest absolute Gasteiger partial charge is 0.123 e. The summed E-state index contributed by atoms with van der Waals surface area (Å²) in [5.74, 6) is 0.316. The van der Waals surface area contributed by atoms with Crippen molar-refractivity contribution in [1.29, 1.82) is 0 Å². The van der Waals surface area contributed by atoms with Crippen molar-refractivity contribution in [3.8, 4) is 22.6 Å². The molecule has 1 saturated heterocycles. The molecule has 0 spiro atoms.